The number of aromatic nitrogens is 2. The Hall–Kier alpha value is -1.79. The van der Waals surface area contributed by atoms with Crippen LogP contribution in [0.1, 0.15) is 51.0 Å². The van der Waals surface area contributed by atoms with E-state index in [4.69, 9.17) is 9.89 Å². The third-order valence-corrected chi connectivity index (χ3v) is 6.87. The molecule has 0 radical (unpaired) electrons. The number of likely N-dealkylation sites (tertiary alicyclic amines) is 1. The van der Waals surface area contributed by atoms with E-state index in [0.29, 0.717) is 18.6 Å². The van der Waals surface area contributed by atoms with Crippen LogP contribution in [0.3, 0.4) is 0 Å². The minimum Gasteiger partial charge on any atom is -0.352 e. The predicted molar refractivity (Wildman–Crippen MR) is 107 cm³/mol. The summed E-state index contributed by atoms with van der Waals surface area (Å²) in [6.45, 7) is 3.94. The lowest BCUT2D eigenvalue weighted by atomic mass is 9.95. The number of hydrogen-bond acceptors (Lipinski definition) is 6. The molecular weight excluding hydrogens is 376 g/mol. The normalized spacial score (nSPS) is 22.4. The summed E-state index contributed by atoms with van der Waals surface area (Å²) >= 11 is 1.66. The highest BCUT2D eigenvalue weighted by atomic mass is 32.2. The van der Waals surface area contributed by atoms with Crippen LogP contribution in [0.2, 0.25) is 0 Å². The smallest absolute Gasteiger partial charge is 0.234 e. The van der Waals surface area contributed by atoms with Gasteiger partial charge in [-0.2, -0.15) is 5.26 Å². The Morgan fingerprint density at radius 2 is 2.00 bits per heavy atom. The van der Waals surface area contributed by atoms with Crippen LogP contribution in [0.5, 0.6) is 0 Å². The highest BCUT2D eigenvalue weighted by molar-refractivity contribution is 8.02. The zero-order valence-corrected chi connectivity index (χ0v) is 17.2. The monoisotopic (exact) mass is 406 g/mol. The SMILES string of the molecule is N#CC1=CSCN1CCn1on1C1CCN(CC(=O)NC2CCCCC2)CC1. The molecule has 1 aliphatic carbocycles. The van der Waals surface area contributed by atoms with E-state index in [1.807, 2.05) is 15.1 Å². The van der Waals surface area contributed by atoms with Crippen molar-refractivity contribution in [2.24, 2.45) is 0 Å². The van der Waals surface area contributed by atoms with E-state index in [9.17, 15) is 4.79 Å². The van der Waals surface area contributed by atoms with Crippen LogP contribution in [0.4, 0.5) is 0 Å². The molecule has 1 saturated heterocycles. The number of carbonyl (C=O) groups excluding carboxylic acids is 1. The van der Waals surface area contributed by atoms with Crippen LogP contribution in [-0.4, -0.2) is 63.5 Å². The van der Waals surface area contributed by atoms with Gasteiger partial charge >= 0.3 is 0 Å². The van der Waals surface area contributed by atoms with E-state index >= 15 is 0 Å². The topological polar surface area (TPSA) is 82.4 Å². The molecule has 154 valence electrons. The lowest BCUT2D eigenvalue weighted by Crippen LogP contribution is -2.45. The first kappa shape index (κ1) is 19.5. The van der Waals surface area contributed by atoms with Gasteiger partial charge in [0.25, 0.3) is 0 Å². The molecule has 3 heterocycles. The van der Waals surface area contributed by atoms with Crippen molar-refractivity contribution in [1.82, 2.24) is 24.8 Å². The van der Waals surface area contributed by atoms with Crippen molar-refractivity contribution in [3.05, 3.63) is 11.1 Å². The highest BCUT2D eigenvalue weighted by Gasteiger charge is 2.29. The average molecular weight is 407 g/mol. The van der Waals surface area contributed by atoms with Crippen molar-refractivity contribution in [2.75, 3.05) is 32.1 Å². The van der Waals surface area contributed by atoms with Crippen molar-refractivity contribution in [1.29, 1.82) is 5.26 Å². The van der Waals surface area contributed by atoms with Crippen molar-refractivity contribution in [3.8, 4) is 6.07 Å². The molecule has 0 aromatic carbocycles. The molecule has 2 aliphatic heterocycles. The number of piperidine rings is 1. The highest BCUT2D eigenvalue weighted by Crippen LogP contribution is 2.26. The first-order chi connectivity index (χ1) is 13.7. The third kappa shape index (κ3) is 4.97. The Balaban J connectivity index is 1.14. The fourth-order valence-electron chi connectivity index (χ4n) is 4.33. The molecule has 4 rings (SSSR count). The van der Waals surface area contributed by atoms with Crippen LogP contribution in [-0.2, 0) is 11.3 Å². The maximum absolute atomic E-state index is 12.3. The number of rotatable bonds is 7. The Morgan fingerprint density at radius 1 is 1.21 bits per heavy atom. The van der Waals surface area contributed by atoms with Crippen molar-refractivity contribution in [2.45, 2.75) is 63.6 Å². The number of carbonyl (C=O) groups is 1. The van der Waals surface area contributed by atoms with E-state index in [0.717, 1.165) is 63.4 Å². The van der Waals surface area contributed by atoms with E-state index in [-0.39, 0.29) is 5.91 Å². The number of amides is 1. The van der Waals surface area contributed by atoms with Crippen LogP contribution in [0, 0.1) is 11.3 Å². The number of nitrogens with zero attached hydrogens (tertiary/aromatic N) is 5. The van der Waals surface area contributed by atoms with Crippen molar-refractivity contribution >= 4 is 17.7 Å². The summed E-state index contributed by atoms with van der Waals surface area (Å²) in [5.41, 5.74) is 0.748. The van der Waals surface area contributed by atoms with Gasteiger partial charge in [0.05, 0.1) is 25.0 Å². The lowest BCUT2D eigenvalue weighted by molar-refractivity contribution is -0.123. The van der Waals surface area contributed by atoms with Gasteiger partial charge in [0.1, 0.15) is 11.8 Å². The van der Waals surface area contributed by atoms with Crippen molar-refractivity contribution < 1.29 is 9.42 Å². The average Bonchev–Trinajstić information content (AvgIpc) is 3.35. The number of nitrogens with one attached hydrogen (secondary N) is 1. The molecule has 28 heavy (non-hydrogen) atoms. The molecule has 1 amide bonds. The number of thioether (sulfide) groups is 1. The van der Waals surface area contributed by atoms with E-state index < -0.39 is 0 Å². The summed E-state index contributed by atoms with van der Waals surface area (Å²) in [7, 11) is 0. The zero-order chi connectivity index (χ0) is 19.3. The van der Waals surface area contributed by atoms with Gasteiger partial charge in [-0.3, -0.25) is 14.3 Å². The van der Waals surface area contributed by atoms with Crippen LogP contribution >= 0.6 is 11.8 Å². The van der Waals surface area contributed by atoms with E-state index in [1.54, 1.807) is 11.8 Å². The number of allylic oxidation sites excluding steroid dienone is 1. The molecule has 1 aromatic heterocycles. The molecule has 2 fully saturated rings. The third-order valence-electron chi connectivity index (χ3n) is 6.02. The van der Waals surface area contributed by atoms with E-state index in [2.05, 4.69) is 21.2 Å². The second-order valence-corrected chi connectivity index (χ2v) is 8.87. The van der Waals surface area contributed by atoms with Gasteiger partial charge in [0.15, 0.2) is 0 Å². The molecule has 0 bridgehead atoms. The minimum absolute atomic E-state index is 0.180. The summed E-state index contributed by atoms with van der Waals surface area (Å²) in [6, 6.07) is 3.01. The zero-order valence-electron chi connectivity index (χ0n) is 16.4. The van der Waals surface area contributed by atoms with Crippen LogP contribution in [0.15, 0.2) is 15.7 Å². The molecular formula is C19H30N6O2S. The second kappa shape index (κ2) is 9.14. The van der Waals surface area contributed by atoms with E-state index in [1.165, 1.54) is 19.3 Å². The number of hydrogen-bond donors (Lipinski definition) is 1. The predicted octanol–water partition coefficient (Wildman–Crippen LogP) is 2.34. The fourth-order valence-corrected chi connectivity index (χ4v) is 5.21. The van der Waals surface area contributed by atoms with Gasteiger partial charge in [0.2, 0.25) is 5.91 Å². The Kier molecular flexibility index (Phi) is 6.37. The summed E-state index contributed by atoms with van der Waals surface area (Å²) < 4.78 is 5.64. The molecule has 0 unspecified atom stereocenters. The van der Waals surface area contributed by atoms with Gasteiger partial charge in [-0.25, -0.2) is 0 Å². The molecule has 8 nitrogen and oxygen atoms in total. The molecule has 1 aromatic rings. The fraction of sp³-hybridized carbons (Fsp3) is 0.789. The summed E-state index contributed by atoms with van der Waals surface area (Å²) in [6.07, 6.45) is 8.09. The second-order valence-electron chi connectivity index (χ2n) is 8.04. The van der Waals surface area contributed by atoms with Gasteiger partial charge in [-0.15, -0.1) is 11.8 Å². The van der Waals surface area contributed by atoms with Gasteiger partial charge in [-0.05, 0) is 25.7 Å². The first-order valence-electron chi connectivity index (χ1n) is 10.5. The maximum atomic E-state index is 12.3. The lowest BCUT2D eigenvalue weighted by Gasteiger charge is -2.30. The summed E-state index contributed by atoms with van der Waals surface area (Å²) in [4.78, 5) is 20.5. The van der Waals surface area contributed by atoms with Gasteiger partial charge in [-0.1, -0.05) is 29.0 Å². The molecule has 1 saturated carbocycles. The van der Waals surface area contributed by atoms with Crippen LogP contribution in [0.25, 0.3) is 0 Å². The molecule has 0 spiro atoms. The molecule has 1 N–H and O–H groups in total. The summed E-state index contributed by atoms with van der Waals surface area (Å²) in [5.74, 6) is 1.03. The van der Waals surface area contributed by atoms with Crippen molar-refractivity contribution in [3.63, 3.8) is 0 Å². The largest absolute Gasteiger partial charge is 0.352 e. The Labute approximate surface area is 170 Å². The first-order valence-corrected chi connectivity index (χ1v) is 11.5. The Morgan fingerprint density at radius 3 is 2.75 bits per heavy atom. The molecule has 3 aliphatic rings. The summed E-state index contributed by atoms with van der Waals surface area (Å²) in [5, 5.41) is 14.2. The van der Waals surface area contributed by atoms with Gasteiger partial charge in [0, 0.05) is 31.1 Å². The Bertz CT molecular complexity index is 715. The minimum atomic E-state index is 0.180. The molecule has 0 atom stereocenters. The standard InChI is InChI=1S/C19H30N6O2S/c20-12-18-14-28-15-23(18)10-11-24-25(27-24)17-6-8-22(9-7-17)13-19(26)21-16-4-2-1-3-5-16/h14,16-17H,1-11,13,15H2,(H,21,26). The molecule has 9 heteroatoms. The number of nitriles is 1. The maximum Gasteiger partial charge on any atom is 0.234 e. The van der Waals surface area contributed by atoms with Gasteiger partial charge < -0.3 is 10.2 Å². The van der Waals surface area contributed by atoms with Crippen LogP contribution < -0.4 is 5.32 Å². The quantitative estimate of drug-likeness (QED) is 0.748.